The van der Waals surface area contributed by atoms with Gasteiger partial charge in [0.05, 0.1) is 6.54 Å². The van der Waals surface area contributed by atoms with Crippen molar-refractivity contribution in [1.82, 2.24) is 10.2 Å². The van der Waals surface area contributed by atoms with Crippen LogP contribution in [-0.2, 0) is 4.79 Å². The average Bonchev–Trinajstić information content (AvgIpc) is 2.20. The first-order valence-electron chi connectivity index (χ1n) is 5.72. The van der Waals surface area contributed by atoms with Gasteiger partial charge in [-0.05, 0) is 19.2 Å². The molecule has 1 aliphatic rings. The second kappa shape index (κ2) is 5.41. The fourth-order valence-corrected chi connectivity index (χ4v) is 1.72. The number of hydrogen-bond donors (Lipinski definition) is 2. The molecule has 1 amide bonds. The van der Waals surface area contributed by atoms with Crippen molar-refractivity contribution in [3.8, 4) is 0 Å². The molecular formula is C12H15F2N3O. The van der Waals surface area contributed by atoms with E-state index in [9.17, 15) is 13.6 Å². The predicted molar refractivity (Wildman–Crippen MR) is 64.3 cm³/mol. The Bertz CT molecular complexity index is 449. The lowest BCUT2D eigenvalue weighted by Gasteiger charge is -2.35. The van der Waals surface area contributed by atoms with Gasteiger partial charge in [-0.2, -0.15) is 0 Å². The fourth-order valence-electron chi connectivity index (χ4n) is 1.72. The normalized spacial score (nSPS) is 15.6. The minimum Gasteiger partial charge on any atom is -0.325 e. The topological polar surface area (TPSA) is 44.4 Å². The lowest BCUT2D eigenvalue weighted by atomic mass is 10.1. The fraction of sp³-hybridized carbons (Fsp3) is 0.417. The van der Waals surface area contributed by atoms with Crippen molar-refractivity contribution in [2.24, 2.45) is 0 Å². The van der Waals surface area contributed by atoms with Crippen molar-refractivity contribution in [2.45, 2.75) is 6.04 Å². The van der Waals surface area contributed by atoms with Crippen molar-refractivity contribution in [2.75, 3.05) is 32.0 Å². The van der Waals surface area contributed by atoms with Crippen LogP contribution in [-0.4, -0.2) is 43.5 Å². The summed E-state index contributed by atoms with van der Waals surface area (Å²) in [5.74, 6) is -2.13. The number of nitrogens with zero attached hydrogens (tertiary/aromatic N) is 1. The zero-order chi connectivity index (χ0) is 13.1. The van der Waals surface area contributed by atoms with Crippen LogP contribution in [0.15, 0.2) is 18.2 Å². The molecule has 1 aromatic carbocycles. The number of likely N-dealkylation sites (N-methyl/N-ethyl adjacent to an activating group) is 1. The molecule has 0 aromatic heterocycles. The summed E-state index contributed by atoms with van der Waals surface area (Å²) in [5.41, 5.74) is 0.263. The largest absolute Gasteiger partial charge is 0.325 e. The van der Waals surface area contributed by atoms with E-state index in [2.05, 4.69) is 10.6 Å². The molecule has 1 aromatic rings. The average molecular weight is 255 g/mol. The highest BCUT2D eigenvalue weighted by atomic mass is 19.2. The number of anilines is 1. The van der Waals surface area contributed by atoms with Gasteiger partial charge in [-0.25, -0.2) is 8.78 Å². The van der Waals surface area contributed by atoms with Gasteiger partial charge in [0.1, 0.15) is 0 Å². The summed E-state index contributed by atoms with van der Waals surface area (Å²) in [6, 6.07) is 3.66. The molecular weight excluding hydrogens is 240 g/mol. The van der Waals surface area contributed by atoms with E-state index in [1.165, 1.54) is 6.07 Å². The summed E-state index contributed by atoms with van der Waals surface area (Å²) in [5, 5.41) is 5.65. The molecule has 2 N–H and O–H groups in total. The highest BCUT2D eigenvalue weighted by Gasteiger charge is 2.22. The molecule has 4 nitrogen and oxygen atoms in total. The lowest BCUT2D eigenvalue weighted by molar-refractivity contribution is -0.117. The van der Waals surface area contributed by atoms with E-state index in [4.69, 9.17) is 0 Å². The number of nitrogens with one attached hydrogen (secondary N) is 2. The molecule has 0 bridgehead atoms. The maximum absolute atomic E-state index is 12.9. The zero-order valence-corrected chi connectivity index (χ0v) is 10.0. The summed E-state index contributed by atoms with van der Waals surface area (Å²) in [4.78, 5) is 13.6. The van der Waals surface area contributed by atoms with Crippen LogP contribution in [0.3, 0.4) is 0 Å². The molecule has 1 heterocycles. The Hall–Kier alpha value is -1.53. The van der Waals surface area contributed by atoms with Crippen LogP contribution >= 0.6 is 0 Å². The number of rotatable bonds is 4. The summed E-state index contributed by atoms with van der Waals surface area (Å²) < 4.78 is 25.6. The molecule has 1 saturated heterocycles. The van der Waals surface area contributed by atoms with Gasteiger partial charge < -0.3 is 10.6 Å². The van der Waals surface area contributed by atoms with Crippen LogP contribution in [0.5, 0.6) is 0 Å². The van der Waals surface area contributed by atoms with Crippen LogP contribution in [0.1, 0.15) is 0 Å². The summed E-state index contributed by atoms with van der Waals surface area (Å²) in [6.07, 6.45) is 0. The minimum atomic E-state index is -0.968. The third-order valence-corrected chi connectivity index (χ3v) is 2.98. The molecule has 0 unspecified atom stereocenters. The van der Waals surface area contributed by atoms with E-state index in [0.717, 1.165) is 25.2 Å². The predicted octanol–water partition coefficient (Wildman–Crippen LogP) is 0.807. The first-order valence-corrected chi connectivity index (χ1v) is 5.72. The van der Waals surface area contributed by atoms with E-state index in [0.29, 0.717) is 6.04 Å². The van der Waals surface area contributed by atoms with E-state index < -0.39 is 11.6 Å². The summed E-state index contributed by atoms with van der Waals surface area (Å²) >= 11 is 0. The number of carbonyl (C=O) groups is 1. The van der Waals surface area contributed by atoms with Gasteiger partial charge in [0.15, 0.2) is 11.6 Å². The maximum atomic E-state index is 12.9. The smallest absolute Gasteiger partial charge is 0.238 e. The highest BCUT2D eigenvalue weighted by Crippen LogP contribution is 2.13. The molecule has 18 heavy (non-hydrogen) atoms. The van der Waals surface area contributed by atoms with Crippen LogP contribution < -0.4 is 10.6 Å². The Balaban J connectivity index is 1.88. The second-order valence-electron chi connectivity index (χ2n) is 4.40. The number of carbonyl (C=O) groups excluding carboxylic acids is 1. The van der Waals surface area contributed by atoms with Crippen molar-refractivity contribution >= 4 is 11.6 Å². The Labute approximate surface area is 104 Å². The number of benzene rings is 1. The Morgan fingerprint density at radius 1 is 1.44 bits per heavy atom. The van der Waals surface area contributed by atoms with E-state index in [1.54, 1.807) is 0 Å². The molecule has 0 saturated carbocycles. The van der Waals surface area contributed by atoms with Crippen molar-refractivity contribution in [3.63, 3.8) is 0 Å². The molecule has 0 radical (unpaired) electrons. The first-order chi connectivity index (χ1) is 8.56. The molecule has 1 aliphatic heterocycles. The van der Waals surface area contributed by atoms with Crippen LogP contribution in [0.4, 0.5) is 14.5 Å². The maximum Gasteiger partial charge on any atom is 0.238 e. The van der Waals surface area contributed by atoms with Crippen LogP contribution in [0, 0.1) is 11.6 Å². The van der Waals surface area contributed by atoms with Gasteiger partial charge >= 0.3 is 0 Å². The first kappa shape index (κ1) is 12.9. The van der Waals surface area contributed by atoms with E-state index in [-0.39, 0.29) is 18.1 Å². The SMILES string of the molecule is CN(CC(=O)Nc1ccc(F)c(F)c1)C1CNC1. The molecule has 0 spiro atoms. The van der Waals surface area contributed by atoms with E-state index in [1.807, 2.05) is 11.9 Å². The van der Waals surface area contributed by atoms with Crippen LogP contribution in [0.2, 0.25) is 0 Å². The summed E-state index contributed by atoms with van der Waals surface area (Å²) in [7, 11) is 1.86. The molecule has 1 fully saturated rings. The third kappa shape index (κ3) is 3.02. The highest BCUT2D eigenvalue weighted by molar-refractivity contribution is 5.92. The molecule has 6 heteroatoms. The minimum absolute atomic E-state index is 0.228. The lowest BCUT2D eigenvalue weighted by Crippen LogP contribution is -2.57. The summed E-state index contributed by atoms with van der Waals surface area (Å²) in [6.45, 7) is 1.97. The molecule has 98 valence electrons. The van der Waals surface area contributed by atoms with Crippen LogP contribution in [0.25, 0.3) is 0 Å². The van der Waals surface area contributed by atoms with Gasteiger partial charge in [-0.1, -0.05) is 0 Å². The number of halogens is 2. The number of hydrogen-bond acceptors (Lipinski definition) is 3. The van der Waals surface area contributed by atoms with E-state index >= 15 is 0 Å². The third-order valence-electron chi connectivity index (χ3n) is 2.98. The Morgan fingerprint density at radius 3 is 2.72 bits per heavy atom. The zero-order valence-electron chi connectivity index (χ0n) is 10.0. The standard InChI is InChI=1S/C12H15F2N3O/c1-17(9-5-15-6-9)7-12(18)16-8-2-3-10(13)11(14)4-8/h2-4,9,15H,5-7H2,1H3,(H,16,18). The van der Waals surface area contributed by atoms with Crippen molar-refractivity contribution in [3.05, 3.63) is 29.8 Å². The quantitative estimate of drug-likeness (QED) is 0.836. The molecule has 0 aliphatic carbocycles. The van der Waals surface area contributed by atoms with Gasteiger partial charge in [-0.3, -0.25) is 9.69 Å². The van der Waals surface area contributed by atoms with Gasteiger partial charge in [0.25, 0.3) is 0 Å². The van der Waals surface area contributed by atoms with Gasteiger partial charge in [-0.15, -0.1) is 0 Å². The van der Waals surface area contributed by atoms with Gasteiger partial charge in [0, 0.05) is 30.9 Å². The van der Waals surface area contributed by atoms with Crippen molar-refractivity contribution in [1.29, 1.82) is 0 Å². The Morgan fingerprint density at radius 2 is 2.17 bits per heavy atom. The molecule has 2 rings (SSSR count). The monoisotopic (exact) mass is 255 g/mol. The number of amides is 1. The van der Waals surface area contributed by atoms with Crippen molar-refractivity contribution < 1.29 is 13.6 Å². The Kier molecular flexibility index (Phi) is 3.88. The van der Waals surface area contributed by atoms with Gasteiger partial charge in [0.2, 0.25) is 5.91 Å². The molecule has 0 atom stereocenters. The second-order valence-corrected chi connectivity index (χ2v) is 4.40.